The van der Waals surface area contributed by atoms with Crippen molar-refractivity contribution < 1.29 is 9.53 Å². The molecule has 2 aromatic carbocycles. The summed E-state index contributed by atoms with van der Waals surface area (Å²) < 4.78 is 4.93. The highest BCUT2D eigenvalue weighted by molar-refractivity contribution is 6.31. The number of para-hydroxylation sites is 1. The number of anilines is 1. The Bertz CT molecular complexity index is 656. The molecule has 2 aromatic rings. The van der Waals surface area contributed by atoms with Gasteiger partial charge in [-0.1, -0.05) is 48.0 Å². The van der Waals surface area contributed by atoms with Crippen LogP contribution >= 0.6 is 11.6 Å². The minimum absolute atomic E-state index is 0.117. The van der Waals surface area contributed by atoms with Gasteiger partial charge in [-0.05, 0) is 29.7 Å². The normalized spacial score (nSPS) is 16.9. The van der Waals surface area contributed by atoms with Gasteiger partial charge in [-0.25, -0.2) is 4.79 Å². The smallest absolute Gasteiger partial charge is 0.414 e. The third-order valence-corrected chi connectivity index (χ3v) is 3.96. The Morgan fingerprint density at radius 2 is 1.90 bits per heavy atom. The Labute approximate surface area is 122 Å². The van der Waals surface area contributed by atoms with E-state index >= 15 is 0 Å². The van der Waals surface area contributed by atoms with E-state index < -0.39 is 0 Å². The van der Waals surface area contributed by atoms with Crippen LogP contribution in [0.1, 0.15) is 17.2 Å². The number of nitrogens with zero attached hydrogens (tertiary/aromatic N) is 1. The van der Waals surface area contributed by atoms with Crippen molar-refractivity contribution in [2.24, 2.45) is 0 Å². The van der Waals surface area contributed by atoms with Gasteiger partial charge < -0.3 is 4.74 Å². The minimum atomic E-state index is -0.361. The summed E-state index contributed by atoms with van der Waals surface area (Å²) in [7, 11) is 1.40. The molecule has 0 saturated carbocycles. The summed E-state index contributed by atoms with van der Waals surface area (Å²) in [6.07, 6.45) is 0.384. The molecule has 1 aliphatic heterocycles. The molecular formula is C16H14ClNO2. The summed E-state index contributed by atoms with van der Waals surface area (Å²) in [5, 5.41) is 0.666. The van der Waals surface area contributed by atoms with Crippen LogP contribution in [0.2, 0.25) is 5.02 Å². The number of hydrogen-bond donors (Lipinski definition) is 0. The number of ether oxygens (including phenoxy) is 1. The van der Waals surface area contributed by atoms with Crippen LogP contribution < -0.4 is 4.90 Å². The molecule has 1 amide bonds. The number of amides is 1. The summed E-state index contributed by atoms with van der Waals surface area (Å²) in [5.41, 5.74) is 2.96. The molecule has 1 heterocycles. The van der Waals surface area contributed by atoms with Crippen LogP contribution in [0.15, 0.2) is 48.5 Å². The summed E-state index contributed by atoms with van der Waals surface area (Å²) in [6, 6.07) is 15.4. The molecule has 102 valence electrons. The van der Waals surface area contributed by atoms with Crippen molar-refractivity contribution in [3.63, 3.8) is 0 Å². The molecule has 3 nitrogen and oxygen atoms in total. The lowest BCUT2D eigenvalue weighted by molar-refractivity contribution is 0.176. The van der Waals surface area contributed by atoms with Crippen molar-refractivity contribution in [1.29, 1.82) is 0 Å². The lowest BCUT2D eigenvalue weighted by atomic mass is 10.0. The second-order valence-corrected chi connectivity index (χ2v) is 5.12. The van der Waals surface area contributed by atoms with Crippen LogP contribution in [0, 0.1) is 0 Å². The molecular weight excluding hydrogens is 274 g/mol. The van der Waals surface area contributed by atoms with Crippen LogP contribution in [-0.2, 0) is 11.2 Å². The molecule has 3 rings (SSSR count). The molecule has 0 spiro atoms. The molecule has 1 atom stereocenters. The third kappa shape index (κ3) is 2.04. The van der Waals surface area contributed by atoms with Gasteiger partial charge in [0.05, 0.1) is 18.8 Å². The first-order chi connectivity index (χ1) is 9.72. The fraction of sp³-hybridized carbons (Fsp3) is 0.188. The van der Waals surface area contributed by atoms with Crippen LogP contribution in [0.4, 0.5) is 10.5 Å². The second kappa shape index (κ2) is 5.17. The zero-order valence-electron chi connectivity index (χ0n) is 11.0. The lowest BCUT2D eigenvalue weighted by Crippen LogP contribution is -2.32. The Morgan fingerprint density at radius 3 is 2.65 bits per heavy atom. The van der Waals surface area contributed by atoms with E-state index in [2.05, 4.69) is 0 Å². The van der Waals surface area contributed by atoms with Crippen molar-refractivity contribution in [3.8, 4) is 0 Å². The molecule has 0 bridgehead atoms. The Hall–Kier alpha value is -2.00. The van der Waals surface area contributed by atoms with E-state index in [4.69, 9.17) is 16.3 Å². The Balaban J connectivity index is 2.09. The van der Waals surface area contributed by atoms with E-state index in [0.717, 1.165) is 23.2 Å². The average Bonchev–Trinajstić information content (AvgIpc) is 2.86. The molecule has 0 fully saturated rings. The van der Waals surface area contributed by atoms with Crippen molar-refractivity contribution >= 4 is 23.4 Å². The summed E-state index contributed by atoms with van der Waals surface area (Å²) >= 11 is 6.28. The van der Waals surface area contributed by atoms with Crippen LogP contribution in [0.25, 0.3) is 0 Å². The number of halogens is 1. The average molecular weight is 288 g/mol. The number of hydrogen-bond acceptors (Lipinski definition) is 2. The van der Waals surface area contributed by atoms with Crippen molar-refractivity contribution in [2.75, 3.05) is 12.0 Å². The van der Waals surface area contributed by atoms with Gasteiger partial charge in [0.15, 0.2) is 0 Å². The van der Waals surface area contributed by atoms with Gasteiger partial charge in [0, 0.05) is 5.02 Å². The first-order valence-electron chi connectivity index (χ1n) is 6.42. The minimum Gasteiger partial charge on any atom is -0.452 e. The van der Waals surface area contributed by atoms with Crippen LogP contribution in [0.3, 0.4) is 0 Å². The zero-order valence-corrected chi connectivity index (χ0v) is 11.8. The lowest BCUT2D eigenvalue weighted by Gasteiger charge is -2.25. The van der Waals surface area contributed by atoms with E-state index in [0.29, 0.717) is 5.02 Å². The van der Waals surface area contributed by atoms with Gasteiger partial charge in [-0.15, -0.1) is 0 Å². The maximum atomic E-state index is 12.1. The van der Waals surface area contributed by atoms with E-state index in [-0.39, 0.29) is 12.1 Å². The molecule has 0 saturated heterocycles. The predicted octanol–water partition coefficient (Wildman–Crippen LogP) is 4.21. The van der Waals surface area contributed by atoms with Gasteiger partial charge in [0.25, 0.3) is 0 Å². The van der Waals surface area contributed by atoms with Gasteiger partial charge in [-0.2, -0.15) is 0 Å². The monoisotopic (exact) mass is 287 g/mol. The molecule has 20 heavy (non-hydrogen) atoms. The SMILES string of the molecule is COC(=O)N1c2ccccc2C[C@@H]1c1ccccc1Cl. The highest BCUT2D eigenvalue weighted by Crippen LogP contribution is 2.42. The first kappa shape index (κ1) is 13.0. The maximum absolute atomic E-state index is 12.1. The van der Waals surface area contributed by atoms with E-state index in [1.165, 1.54) is 7.11 Å². The Kier molecular flexibility index (Phi) is 3.36. The highest BCUT2D eigenvalue weighted by atomic mass is 35.5. The third-order valence-electron chi connectivity index (χ3n) is 3.61. The molecule has 0 unspecified atom stereocenters. The van der Waals surface area contributed by atoms with E-state index in [1.807, 2.05) is 48.5 Å². The van der Waals surface area contributed by atoms with Crippen molar-refractivity contribution in [2.45, 2.75) is 12.5 Å². The van der Waals surface area contributed by atoms with Gasteiger partial charge in [0.2, 0.25) is 0 Å². The highest BCUT2D eigenvalue weighted by Gasteiger charge is 2.36. The molecule has 0 N–H and O–H groups in total. The molecule has 4 heteroatoms. The summed E-state index contributed by atoms with van der Waals surface area (Å²) in [6.45, 7) is 0. The van der Waals surface area contributed by atoms with Crippen molar-refractivity contribution in [1.82, 2.24) is 0 Å². The largest absolute Gasteiger partial charge is 0.452 e. The number of fused-ring (bicyclic) bond motifs is 1. The fourth-order valence-electron chi connectivity index (χ4n) is 2.70. The van der Waals surface area contributed by atoms with Crippen molar-refractivity contribution in [3.05, 3.63) is 64.7 Å². The van der Waals surface area contributed by atoms with Crippen LogP contribution in [-0.4, -0.2) is 13.2 Å². The number of carbonyl (C=O) groups is 1. The van der Waals surface area contributed by atoms with Gasteiger partial charge in [-0.3, -0.25) is 4.90 Å². The number of methoxy groups -OCH3 is 1. The first-order valence-corrected chi connectivity index (χ1v) is 6.79. The molecule has 0 radical (unpaired) electrons. The van der Waals surface area contributed by atoms with Gasteiger partial charge >= 0.3 is 6.09 Å². The number of benzene rings is 2. The predicted molar refractivity (Wildman–Crippen MR) is 79.2 cm³/mol. The fourth-order valence-corrected chi connectivity index (χ4v) is 2.97. The zero-order chi connectivity index (χ0) is 14.1. The number of carbonyl (C=O) groups excluding carboxylic acids is 1. The van der Waals surface area contributed by atoms with Crippen LogP contribution in [0.5, 0.6) is 0 Å². The Morgan fingerprint density at radius 1 is 1.20 bits per heavy atom. The number of rotatable bonds is 1. The quantitative estimate of drug-likeness (QED) is 0.786. The molecule has 0 aromatic heterocycles. The summed E-state index contributed by atoms with van der Waals surface area (Å²) in [5.74, 6) is 0. The standard InChI is InChI=1S/C16H14ClNO2/c1-20-16(19)18-14-9-5-2-6-11(14)10-15(18)12-7-3-4-8-13(12)17/h2-9,15H,10H2,1H3/t15-/m1/s1. The van der Waals surface area contributed by atoms with E-state index in [1.54, 1.807) is 4.90 Å². The maximum Gasteiger partial charge on any atom is 0.414 e. The molecule has 0 aliphatic carbocycles. The van der Waals surface area contributed by atoms with E-state index in [9.17, 15) is 4.79 Å². The summed E-state index contributed by atoms with van der Waals surface area (Å²) in [4.78, 5) is 13.8. The van der Waals surface area contributed by atoms with Gasteiger partial charge in [0.1, 0.15) is 0 Å². The second-order valence-electron chi connectivity index (χ2n) is 4.71. The molecule has 1 aliphatic rings. The topological polar surface area (TPSA) is 29.5 Å².